The van der Waals surface area contributed by atoms with Crippen molar-refractivity contribution in [1.29, 1.82) is 0 Å². The van der Waals surface area contributed by atoms with Crippen molar-refractivity contribution in [3.8, 4) is 17.6 Å². The molecule has 162 valence electrons. The lowest BCUT2D eigenvalue weighted by molar-refractivity contribution is -0.140. The summed E-state index contributed by atoms with van der Waals surface area (Å²) in [5, 5.41) is 0. The second-order valence-corrected chi connectivity index (χ2v) is 7.85. The Morgan fingerprint density at radius 3 is 2.03 bits per heavy atom. The zero-order chi connectivity index (χ0) is 22.3. The summed E-state index contributed by atoms with van der Waals surface area (Å²) in [4.78, 5) is 12.4. The lowest BCUT2D eigenvalue weighted by atomic mass is 9.80. The first kappa shape index (κ1) is 22.7. The summed E-state index contributed by atoms with van der Waals surface area (Å²) in [5.74, 6) is 6.64. The van der Waals surface area contributed by atoms with Gasteiger partial charge in [0.1, 0.15) is 5.75 Å². The van der Waals surface area contributed by atoms with Crippen molar-refractivity contribution in [2.75, 3.05) is 0 Å². The fraction of sp³-hybridized carbons (Fsp3) is 0.346. The van der Waals surface area contributed by atoms with Gasteiger partial charge in [0.05, 0.1) is 11.5 Å². The van der Waals surface area contributed by atoms with E-state index in [2.05, 4.69) is 18.4 Å². The third kappa shape index (κ3) is 6.75. The molecule has 0 amide bonds. The highest BCUT2D eigenvalue weighted by atomic mass is 19.4. The molecule has 0 bridgehead atoms. The van der Waals surface area contributed by atoms with Gasteiger partial charge in [-0.05, 0) is 93.0 Å². The van der Waals surface area contributed by atoms with Crippen LogP contribution in [0.25, 0.3) is 0 Å². The third-order valence-corrected chi connectivity index (χ3v) is 5.60. The Hall–Kier alpha value is -3.00. The molecule has 0 aliphatic heterocycles. The first-order valence-electron chi connectivity index (χ1n) is 10.5. The molecule has 0 spiro atoms. The Labute approximate surface area is 181 Å². The zero-order valence-electron chi connectivity index (χ0n) is 17.3. The average Bonchev–Trinajstić information content (AvgIpc) is 2.77. The van der Waals surface area contributed by atoms with Gasteiger partial charge < -0.3 is 4.74 Å². The van der Waals surface area contributed by atoms with Crippen molar-refractivity contribution in [1.82, 2.24) is 0 Å². The number of carbonyl (C=O) groups excluding carboxylic acids is 1. The summed E-state index contributed by atoms with van der Waals surface area (Å²) < 4.78 is 43.3. The summed E-state index contributed by atoms with van der Waals surface area (Å²) in [7, 11) is 0. The van der Waals surface area contributed by atoms with Gasteiger partial charge in [-0.25, -0.2) is 0 Å². The van der Waals surface area contributed by atoms with E-state index in [0.717, 1.165) is 50.7 Å². The van der Waals surface area contributed by atoms with Gasteiger partial charge in [0, 0.05) is 11.1 Å². The molecular formula is C26H25F3O2. The molecule has 31 heavy (non-hydrogen) atoms. The van der Waals surface area contributed by atoms with Crippen LogP contribution in [0.3, 0.4) is 0 Å². The van der Waals surface area contributed by atoms with E-state index >= 15 is 0 Å². The number of carbonyl (C=O) groups is 1. The highest BCUT2D eigenvalue weighted by molar-refractivity contribution is 5.75. The van der Waals surface area contributed by atoms with Gasteiger partial charge in [0.2, 0.25) is 0 Å². The molecule has 0 radical (unpaired) electrons. The van der Waals surface area contributed by atoms with E-state index in [1.165, 1.54) is 12.1 Å². The molecule has 0 N–H and O–H groups in total. The molecule has 1 fully saturated rings. The van der Waals surface area contributed by atoms with Gasteiger partial charge in [-0.1, -0.05) is 17.9 Å². The lowest BCUT2D eigenvalue weighted by Gasteiger charge is -2.26. The number of halogens is 3. The summed E-state index contributed by atoms with van der Waals surface area (Å²) in [6, 6.07) is 11.5. The second-order valence-electron chi connectivity index (χ2n) is 7.85. The highest BCUT2D eigenvalue weighted by Gasteiger charge is 2.30. The molecule has 2 aromatic rings. The molecule has 0 atom stereocenters. The van der Waals surface area contributed by atoms with Gasteiger partial charge in [-0.2, -0.15) is 13.2 Å². The van der Waals surface area contributed by atoms with E-state index < -0.39 is 11.7 Å². The maximum atomic E-state index is 12.6. The lowest BCUT2D eigenvalue weighted by Crippen LogP contribution is -2.25. The van der Waals surface area contributed by atoms with E-state index in [1.807, 2.05) is 6.08 Å². The Bertz CT molecular complexity index is 939. The normalized spacial score (nSPS) is 18.5. The number of alkyl halides is 3. The Balaban J connectivity index is 1.52. The van der Waals surface area contributed by atoms with Crippen LogP contribution in [0.1, 0.15) is 55.2 Å². The molecule has 2 aromatic carbocycles. The number of benzene rings is 2. The van der Waals surface area contributed by atoms with Crippen molar-refractivity contribution in [2.45, 2.75) is 44.7 Å². The Morgan fingerprint density at radius 1 is 0.968 bits per heavy atom. The minimum Gasteiger partial charge on any atom is -0.426 e. The molecule has 0 saturated heterocycles. The molecule has 5 heteroatoms. The number of hydrogen-bond acceptors (Lipinski definition) is 2. The maximum Gasteiger partial charge on any atom is 0.416 e. The molecule has 2 nitrogen and oxygen atoms in total. The number of allylic oxidation sites excluding steroid dienone is 1. The van der Waals surface area contributed by atoms with E-state index in [9.17, 15) is 18.0 Å². The summed E-state index contributed by atoms with van der Waals surface area (Å²) in [6.45, 7) is 3.76. The number of ether oxygens (including phenoxy) is 1. The fourth-order valence-corrected chi connectivity index (χ4v) is 3.73. The van der Waals surface area contributed by atoms with Crippen molar-refractivity contribution < 1.29 is 22.7 Å². The largest absolute Gasteiger partial charge is 0.426 e. The van der Waals surface area contributed by atoms with Gasteiger partial charge >= 0.3 is 12.1 Å². The zero-order valence-corrected chi connectivity index (χ0v) is 17.3. The van der Waals surface area contributed by atoms with Crippen molar-refractivity contribution in [3.05, 3.63) is 77.9 Å². The molecule has 0 unspecified atom stereocenters. The van der Waals surface area contributed by atoms with Crippen molar-refractivity contribution >= 4 is 5.97 Å². The standard InChI is InChI=1S/C26H25F3O2/c1-2-3-4-19-7-13-22(14-8-19)25(30)31-24-17-11-21(12-18-24)6-5-20-9-15-23(16-10-20)26(27,28)29/h2,9-12,15-19,22H,1,3-4,7-8,13-14H2/t19-,22-. The SMILES string of the molecule is C=CCC[C@H]1CC[C@H](C(=O)Oc2ccc(C#Cc3ccc(C(F)(F)F)cc3)cc2)CC1. The monoisotopic (exact) mass is 426 g/mol. The highest BCUT2D eigenvalue weighted by Crippen LogP contribution is 2.32. The summed E-state index contributed by atoms with van der Waals surface area (Å²) in [6.07, 6.45) is 3.56. The summed E-state index contributed by atoms with van der Waals surface area (Å²) >= 11 is 0. The molecular weight excluding hydrogens is 401 g/mol. The first-order valence-corrected chi connectivity index (χ1v) is 10.5. The van der Waals surface area contributed by atoms with Gasteiger partial charge in [0.25, 0.3) is 0 Å². The van der Waals surface area contributed by atoms with Crippen LogP contribution in [-0.4, -0.2) is 5.97 Å². The van der Waals surface area contributed by atoms with E-state index in [1.54, 1.807) is 24.3 Å². The minimum absolute atomic E-state index is 0.0564. The molecule has 0 heterocycles. The molecule has 3 rings (SSSR count). The predicted octanol–water partition coefficient (Wildman–Crippen LogP) is 6.78. The van der Waals surface area contributed by atoms with Gasteiger partial charge in [-0.15, -0.1) is 6.58 Å². The molecule has 1 aliphatic carbocycles. The Kier molecular flexibility index (Phi) is 7.57. The number of esters is 1. The number of hydrogen-bond donors (Lipinski definition) is 0. The predicted molar refractivity (Wildman–Crippen MR) is 114 cm³/mol. The minimum atomic E-state index is -4.36. The van der Waals surface area contributed by atoms with Crippen LogP contribution in [0.15, 0.2) is 61.2 Å². The smallest absolute Gasteiger partial charge is 0.416 e. The van der Waals surface area contributed by atoms with Crippen LogP contribution in [0, 0.1) is 23.7 Å². The van der Waals surface area contributed by atoms with E-state index in [-0.39, 0.29) is 11.9 Å². The number of rotatable bonds is 5. The average molecular weight is 426 g/mol. The van der Waals surface area contributed by atoms with Crippen LogP contribution in [0.2, 0.25) is 0 Å². The molecule has 0 aromatic heterocycles. The fourth-order valence-electron chi connectivity index (χ4n) is 3.73. The maximum absolute atomic E-state index is 12.6. The van der Waals surface area contributed by atoms with Crippen LogP contribution in [0.4, 0.5) is 13.2 Å². The summed E-state index contributed by atoms with van der Waals surface area (Å²) in [5.41, 5.74) is 0.476. The van der Waals surface area contributed by atoms with Crippen molar-refractivity contribution in [3.63, 3.8) is 0 Å². The Morgan fingerprint density at radius 2 is 1.52 bits per heavy atom. The second kappa shape index (κ2) is 10.3. The van der Waals surface area contributed by atoms with E-state index in [4.69, 9.17) is 4.74 Å². The van der Waals surface area contributed by atoms with E-state index in [0.29, 0.717) is 22.8 Å². The van der Waals surface area contributed by atoms with Crippen LogP contribution >= 0.6 is 0 Å². The quantitative estimate of drug-likeness (QED) is 0.228. The van der Waals surface area contributed by atoms with Crippen molar-refractivity contribution in [2.24, 2.45) is 11.8 Å². The van der Waals surface area contributed by atoms with Gasteiger partial charge in [0.15, 0.2) is 0 Å². The molecule has 1 aliphatic rings. The molecule has 1 saturated carbocycles. The first-order chi connectivity index (χ1) is 14.8. The van der Waals surface area contributed by atoms with Crippen LogP contribution in [0.5, 0.6) is 5.75 Å². The van der Waals surface area contributed by atoms with Crippen LogP contribution < -0.4 is 4.74 Å². The third-order valence-electron chi connectivity index (χ3n) is 5.60. The van der Waals surface area contributed by atoms with Gasteiger partial charge in [-0.3, -0.25) is 4.79 Å². The topological polar surface area (TPSA) is 26.3 Å². The van der Waals surface area contributed by atoms with Crippen LogP contribution in [-0.2, 0) is 11.0 Å².